The minimum absolute atomic E-state index is 0.0492. The van der Waals surface area contributed by atoms with Crippen molar-refractivity contribution >= 4 is 34.8 Å². The van der Waals surface area contributed by atoms with Gasteiger partial charge >= 0.3 is 0 Å². The molecule has 2 aromatic carbocycles. The number of hydrogen-bond donors (Lipinski definition) is 0. The highest BCUT2D eigenvalue weighted by molar-refractivity contribution is 6.31. The number of rotatable bonds is 3. The van der Waals surface area contributed by atoms with E-state index in [9.17, 15) is 9.59 Å². The Labute approximate surface area is 216 Å². The van der Waals surface area contributed by atoms with E-state index in [4.69, 9.17) is 11.6 Å². The molecule has 2 saturated heterocycles. The Kier molecular flexibility index (Phi) is 5.92. The number of halogens is 1. The van der Waals surface area contributed by atoms with Gasteiger partial charge in [0.1, 0.15) is 0 Å². The van der Waals surface area contributed by atoms with Crippen LogP contribution in [0.3, 0.4) is 0 Å². The van der Waals surface area contributed by atoms with Crippen molar-refractivity contribution in [3.63, 3.8) is 0 Å². The number of amides is 2. The molecule has 2 fully saturated rings. The minimum Gasteiger partial charge on any atom is -0.371 e. The number of fused-ring (bicyclic) bond motifs is 1. The molecule has 4 heterocycles. The number of carbonyl (C=O) groups is 2. The molecule has 0 atom stereocenters. The fraction of sp³-hybridized carbons (Fsp3) is 0.345. The third-order valence-corrected chi connectivity index (χ3v) is 8.48. The average Bonchev–Trinajstić information content (AvgIpc) is 3.25. The lowest BCUT2D eigenvalue weighted by molar-refractivity contribution is 0.0515. The number of carbonyl (C=O) groups excluding carboxylic acids is 2. The van der Waals surface area contributed by atoms with Gasteiger partial charge in [-0.2, -0.15) is 0 Å². The number of nitrogens with zero attached hydrogens (tertiary/aromatic N) is 4. The summed E-state index contributed by atoms with van der Waals surface area (Å²) in [6.45, 7) is 4.16. The van der Waals surface area contributed by atoms with Crippen LogP contribution in [0.4, 0.5) is 11.4 Å². The SMILES string of the molecule is O=C(c1cccc(N2Cc3ccc(Cl)cc3C2=O)c1)N1CCC2(CC1)CCN(c1ccncc1)CC2. The first-order valence-corrected chi connectivity index (χ1v) is 13.0. The maximum absolute atomic E-state index is 13.4. The first-order valence-electron chi connectivity index (χ1n) is 12.7. The predicted molar refractivity (Wildman–Crippen MR) is 142 cm³/mol. The van der Waals surface area contributed by atoms with Crippen LogP contribution in [0, 0.1) is 5.41 Å². The van der Waals surface area contributed by atoms with Crippen LogP contribution in [0.1, 0.15) is 52.0 Å². The Morgan fingerprint density at radius 2 is 1.58 bits per heavy atom. The second kappa shape index (κ2) is 9.25. The summed E-state index contributed by atoms with van der Waals surface area (Å²) in [7, 11) is 0. The second-order valence-electron chi connectivity index (χ2n) is 10.2. The second-order valence-corrected chi connectivity index (χ2v) is 10.7. The van der Waals surface area contributed by atoms with Gasteiger partial charge in [-0.05, 0) is 79.1 Å². The fourth-order valence-corrected chi connectivity index (χ4v) is 6.12. The van der Waals surface area contributed by atoms with Crippen molar-refractivity contribution in [1.82, 2.24) is 9.88 Å². The summed E-state index contributed by atoms with van der Waals surface area (Å²) in [5.74, 6) is -0.0248. The number of piperidine rings is 2. The lowest BCUT2D eigenvalue weighted by Gasteiger charge is -2.47. The van der Waals surface area contributed by atoms with E-state index in [0.29, 0.717) is 28.1 Å². The van der Waals surface area contributed by atoms with Gasteiger partial charge in [-0.1, -0.05) is 23.7 Å². The van der Waals surface area contributed by atoms with Gasteiger partial charge in [0, 0.05) is 66.1 Å². The Hall–Kier alpha value is -3.38. The maximum Gasteiger partial charge on any atom is 0.258 e. The largest absolute Gasteiger partial charge is 0.371 e. The zero-order valence-corrected chi connectivity index (χ0v) is 21.0. The molecule has 0 bridgehead atoms. The number of likely N-dealkylation sites (tertiary alicyclic amines) is 1. The van der Waals surface area contributed by atoms with Crippen LogP contribution in [-0.2, 0) is 6.54 Å². The Bertz CT molecular complexity index is 1290. The topological polar surface area (TPSA) is 56.8 Å². The Balaban J connectivity index is 1.09. The molecule has 0 N–H and O–H groups in total. The highest BCUT2D eigenvalue weighted by Crippen LogP contribution is 2.42. The van der Waals surface area contributed by atoms with Gasteiger partial charge in [0.05, 0.1) is 6.54 Å². The zero-order valence-electron chi connectivity index (χ0n) is 20.2. The molecule has 0 radical (unpaired) electrons. The van der Waals surface area contributed by atoms with Gasteiger partial charge in [0.2, 0.25) is 0 Å². The highest BCUT2D eigenvalue weighted by Gasteiger charge is 2.39. The van der Waals surface area contributed by atoms with Crippen LogP contribution in [0.2, 0.25) is 5.02 Å². The van der Waals surface area contributed by atoms with E-state index in [1.807, 2.05) is 53.7 Å². The van der Waals surface area contributed by atoms with Crippen LogP contribution < -0.4 is 9.80 Å². The number of anilines is 2. The van der Waals surface area contributed by atoms with Gasteiger partial charge in [0.15, 0.2) is 0 Å². The number of pyridine rings is 1. The summed E-state index contributed by atoms with van der Waals surface area (Å²) in [4.78, 5) is 36.7. The molecule has 0 aliphatic carbocycles. The Morgan fingerprint density at radius 1 is 0.861 bits per heavy atom. The van der Waals surface area contributed by atoms with E-state index in [0.717, 1.165) is 63.1 Å². The molecule has 3 aromatic rings. The summed E-state index contributed by atoms with van der Waals surface area (Å²) in [6.07, 6.45) is 8.12. The minimum atomic E-state index is -0.0740. The van der Waals surface area contributed by atoms with E-state index < -0.39 is 0 Å². The van der Waals surface area contributed by atoms with Crippen molar-refractivity contribution in [2.24, 2.45) is 5.41 Å². The molecule has 3 aliphatic heterocycles. The maximum atomic E-state index is 13.4. The average molecular weight is 501 g/mol. The summed E-state index contributed by atoms with van der Waals surface area (Å²) < 4.78 is 0. The molecule has 6 nitrogen and oxygen atoms in total. The first kappa shape index (κ1) is 23.0. The van der Waals surface area contributed by atoms with Gasteiger partial charge in [-0.25, -0.2) is 0 Å². The third-order valence-electron chi connectivity index (χ3n) is 8.24. The molecule has 0 saturated carbocycles. The lowest BCUT2D eigenvalue weighted by atomic mass is 9.71. The van der Waals surface area contributed by atoms with Crippen molar-refractivity contribution in [1.29, 1.82) is 0 Å². The van der Waals surface area contributed by atoms with Crippen LogP contribution in [0.15, 0.2) is 67.0 Å². The third kappa shape index (κ3) is 4.24. The first-order chi connectivity index (χ1) is 17.5. The lowest BCUT2D eigenvalue weighted by Crippen LogP contribution is -2.48. The number of hydrogen-bond acceptors (Lipinski definition) is 4. The quantitative estimate of drug-likeness (QED) is 0.482. The Morgan fingerprint density at radius 3 is 2.33 bits per heavy atom. The standard InChI is InChI=1S/C29H29ClN4O2/c30-23-5-4-22-20-34(28(36)26(22)19-23)25-3-1-2-21(18-25)27(35)33-16-10-29(11-17-33)8-14-32(15-9-29)24-6-12-31-13-7-24/h1-7,12-13,18-19H,8-11,14-17,20H2. The van der Waals surface area contributed by atoms with Crippen LogP contribution >= 0.6 is 11.6 Å². The van der Waals surface area contributed by atoms with E-state index in [2.05, 4.69) is 22.0 Å². The molecular weight excluding hydrogens is 472 g/mol. The molecule has 184 valence electrons. The molecule has 36 heavy (non-hydrogen) atoms. The summed E-state index contributed by atoms with van der Waals surface area (Å²) >= 11 is 6.10. The van der Waals surface area contributed by atoms with Crippen molar-refractivity contribution in [3.8, 4) is 0 Å². The molecule has 7 heteroatoms. The summed E-state index contributed by atoms with van der Waals surface area (Å²) in [6, 6.07) is 17.1. The van der Waals surface area contributed by atoms with Crippen molar-refractivity contribution in [3.05, 3.63) is 88.7 Å². The van der Waals surface area contributed by atoms with E-state index in [1.54, 1.807) is 11.0 Å². The van der Waals surface area contributed by atoms with E-state index in [1.165, 1.54) is 5.69 Å². The molecule has 2 amide bonds. The van der Waals surface area contributed by atoms with Crippen molar-refractivity contribution in [2.75, 3.05) is 36.0 Å². The van der Waals surface area contributed by atoms with Crippen molar-refractivity contribution in [2.45, 2.75) is 32.2 Å². The van der Waals surface area contributed by atoms with Gasteiger partial charge in [0.25, 0.3) is 11.8 Å². The molecular formula is C29H29ClN4O2. The summed E-state index contributed by atoms with van der Waals surface area (Å²) in [5.41, 5.74) is 4.55. The van der Waals surface area contributed by atoms with Crippen molar-refractivity contribution < 1.29 is 9.59 Å². The summed E-state index contributed by atoms with van der Waals surface area (Å²) in [5, 5.41) is 0.554. The van der Waals surface area contributed by atoms with Crippen LogP contribution in [0.25, 0.3) is 0 Å². The fourth-order valence-electron chi connectivity index (χ4n) is 5.95. The molecule has 1 aromatic heterocycles. The van der Waals surface area contributed by atoms with Gasteiger partial charge < -0.3 is 14.7 Å². The van der Waals surface area contributed by atoms with E-state index >= 15 is 0 Å². The molecule has 6 rings (SSSR count). The number of benzene rings is 2. The van der Waals surface area contributed by atoms with Gasteiger partial charge in [-0.3, -0.25) is 14.6 Å². The van der Waals surface area contributed by atoms with Crippen LogP contribution in [0.5, 0.6) is 0 Å². The number of aromatic nitrogens is 1. The van der Waals surface area contributed by atoms with Crippen LogP contribution in [-0.4, -0.2) is 47.9 Å². The normalized spacial score (nSPS) is 19.0. The smallest absolute Gasteiger partial charge is 0.258 e. The van der Waals surface area contributed by atoms with Gasteiger partial charge in [-0.15, -0.1) is 0 Å². The monoisotopic (exact) mass is 500 g/mol. The molecule has 1 spiro atoms. The molecule has 3 aliphatic rings. The molecule has 0 unspecified atom stereocenters. The highest BCUT2D eigenvalue weighted by atomic mass is 35.5. The zero-order chi connectivity index (χ0) is 24.7. The van der Waals surface area contributed by atoms with E-state index in [-0.39, 0.29) is 11.8 Å². The predicted octanol–water partition coefficient (Wildman–Crippen LogP) is 5.42.